The van der Waals surface area contributed by atoms with Gasteiger partial charge in [0, 0.05) is 30.4 Å². The Morgan fingerprint density at radius 2 is 2.10 bits per heavy atom. The Hall–Kier alpha value is -3.27. The van der Waals surface area contributed by atoms with Gasteiger partial charge in [-0.15, -0.1) is 11.3 Å². The predicted octanol–water partition coefficient (Wildman–Crippen LogP) is 4.14. The van der Waals surface area contributed by atoms with Crippen LogP contribution >= 0.6 is 11.3 Å². The second-order valence-electron chi connectivity index (χ2n) is 6.34. The Balaban J connectivity index is 1.63. The van der Waals surface area contributed by atoms with E-state index in [1.807, 2.05) is 0 Å². The fourth-order valence-corrected chi connectivity index (χ4v) is 3.70. The van der Waals surface area contributed by atoms with Gasteiger partial charge in [0.2, 0.25) is 0 Å². The largest absolute Gasteiger partial charge is 0.416 e. The number of carbonyl (C=O) groups is 1. The lowest BCUT2D eigenvalue weighted by Gasteiger charge is -2.15. The Morgan fingerprint density at radius 1 is 1.28 bits per heavy atom. The maximum absolute atomic E-state index is 13.0. The Kier molecular flexibility index (Phi) is 4.79. The minimum absolute atomic E-state index is 0.247. The topological polar surface area (TPSA) is 63.4 Å². The Morgan fingerprint density at radius 3 is 2.83 bits per heavy atom. The van der Waals surface area contributed by atoms with Gasteiger partial charge in [0.25, 0.3) is 5.91 Å². The molecule has 0 aliphatic carbocycles. The number of fused-ring (bicyclic) bond motifs is 1. The van der Waals surface area contributed by atoms with Crippen molar-refractivity contribution < 1.29 is 18.0 Å². The average molecular weight is 417 g/mol. The number of benzene rings is 1. The van der Waals surface area contributed by atoms with E-state index >= 15 is 0 Å². The van der Waals surface area contributed by atoms with Crippen molar-refractivity contribution in [3.8, 4) is 11.3 Å². The van der Waals surface area contributed by atoms with Gasteiger partial charge in [0.05, 0.1) is 23.5 Å². The van der Waals surface area contributed by atoms with Crippen molar-refractivity contribution in [3.63, 3.8) is 0 Å². The van der Waals surface area contributed by atoms with Crippen molar-refractivity contribution >= 4 is 22.2 Å². The molecule has 10 heteroatoms. The maximum atomic E-state index is 13.0. The summed E-state index contributed by atoms with van der Waals surface area (Å²) >= 11 is 1.25. The first kappa shape index (κ1) is 19.1. The summed E-state index contributed by atoms with van der Waals surface area (Å²) < 4.78 is 40.5. The molecule has 4 aromatic rings. The van der Waals surface area contributed by atoms with Gasteiger partial charge < -0.3 is 4.90 Å². The molecule has 6 nitrogen and oxygen atoms in total. The molecule has 3 aromatic heterocycles. The summed E-state index contributed by atoms with van der Waals surface area (Å²) in [6.07, 6.45) is 0.152. The molecular weight excluding hydrogens is 403 g/mol. The van der Waals surface area contributed by atoms with Crippen molar-refractivity contribution in [2.75, 3.05) is 7.05 Å². The van der Waals surface area contributed by atoms with E-state index in [0.717, 1.165) is 12.1 Å². The molecule has 0 aliphatic rings. The van der Waals surface area contributed by atoms with Crippen LogP contribution < -0.4 is 0 Å². The van der Waals surface area contributed by atoms with Crippen molar-refractivity contribution in [2.45, 2.75) is 12.7 Å². The molecule has 0 unspecified atom stereocenters. The number of aromatic nitrogens is 4. The molecule has 1 amide bonds. The normalized spacial score (nSPS) is 11.7. The van der Waals surface area contributed by atoms with E-state index in [2.05, 4.69) is 15.0 Å². The number of hydrogen-bond acceptors (Lipinski definition) is 5. The molecule has 0 saturated heterocycles. The lowest BCUT2D eigenvalue weighted by Crippen LogP contribution is -2.27. The summed E-state index contributed by atoms with van der Waals surface area (Å²) in [4.78, 5) is 27.2. The third kappa shape index (κ3) is 3.83. The van der Waals surface area contributed by atoms with Gasteiger partial charge in [-0.25, -0.2) is 15.0 Å². The summed E-state index contributed by atoms with van der Waals surface area (Å²) in [6, 6.07) is 6.68. The van der Waals surface area contributed by atoms with Gasteiger partial charge in [0.1, 0.15) is 12.0 Å². The van der Waals surface area contributed by atoms with E-state index in [1.165, 1.54) is 28.6 Å². The molecule has 1 aromatic carbocycles. The van der Waals surface area contributed by atoms with Crippen LogP contribution in [0.15, 0.2) is 54.4 Å². The first-order chi connectivity index (χ1) is 13.8. The molecule has 0 atom stereocenters. The van der Waals surface area contributed by atoms with Crippen LogP contribution in [0.3, 0.4) is 0 Å². The van der Waals surface area contributed by atoms with E-state index in [1.54, 1.807) is 41.4 Å². The zero-order valence-corrected chi connectivity index (χ0v) is 15.9. The number of amides is 1. The van der Waals surface area contributed by atoms with E-state index < -0.39 is 11.7 Å². The highest BCUT2D eigenvalue weighted by Crippen LogP contribution is 2.32. The number of alkyl halides is 3. The number of imidazole rings is 1. The van der Waals surface area contributed by atoms with E-state index in [-0.39, 0.29) is 5.91 Å². The molecule has 148 valence electrons. The van der Waals surface area contributed by atoms with Crippen LogP contribution in [0.1, 0.15) is 21.7 Å². The van der Waals surface area contributed by atoms with Gasteiger partial charge in [-0.05, 0) is 18.2 Å². The number of hydrogen-bond donors (Lipinski definition) is 0. The number of halogens is 3. The second kappa shape index (κ2) is 7.28. The fraction of sp³-hybridized carbons (Fsp3) is 0.158. The number of carbonyl (C=O) groups excluding carboxylic acids is 1. The summed E-state index contributed by atoms with van der Waals surface area (Å²) in [5, 5.41) is 1.68. The molecule has 0 bridgehead atoms. The van der Waals surface area contributed by atoms with Crippen LogP contribution in [0, 0.1) is 0 Å². The zero-order valence-electron chi connectivity index (χ0n) is 15.1. The summed E-state index contributed by atoms with van der Waals surface area (Å²) in [5.74, 6) is -0.247. The molecule has 0 N–H and O–H groups in total. The lowest BCUT2D eigenvalue weighted by atomic mass is 10.1. The smallest absolute Gasteiger partial charge is 0.334 e. The summed E-state index contributed by atoms with van der Waals surface area (Å²) in [5.41, 5.74) is 1.04. The SMILES string of the molecule is CN(Cc1ccncn1)C(=O)c1csc2nc(-c3cccc(C(F)(F)F)c3)cn12. The molecule has 0 spiro atoms. The van der Waals surface area contributed by atoms with Gasteiger partial charge in [-0.1, -0.05) is 12.1 Å². The average Bonchev–Trinajstić information content (AvgIpc) is 3.28. The zero-order chi connectivity index (χ0) is 20.6. The van der Waals surface area contributed by atoms with Crippen LogP contribution in [0.25, 0.3) is 16.2 Å². The molecule has 4 rings (SSSR count). The molecule has 3 heterocycles. The minimum Gasteiger partial charge on any atom is -0.334 e. The highest BCUT2D eigenvalue weighted by molar-refractivity contribution is 7.15. The minimum atomic E-state index is -4.43. The molecule has 0 radical (unpaired) electrons. The van der Waals surface area contributed by atoms with Gasteiger partial charge >= 0.3 is 6.18 Å². The quantitative estimate of drug-likeness (QED) is 0.501. The second-order valence-corrected chi connectivity index (χ2v) is 7.18. The number of nitrogens with zero attached hydrogens (tertiary/aromatic N) is 5. The Bertz CT molecular complexity index is 1170. The van der Waals surface area contributed by atoms with Crippen LogP contribution in [-0.4, -0.2) is 37.2 Å². The summed E-state index contributed by atoms with van der Waals surface area (Å²) in [7, 11) is 1.65. The lowest BCUT2D eigenvalue weighted by molar-refractivity contribution is -0.137. The van der Waals surface area contributed by atoms with Crippen LogP contribution in [-0.2, 0) is 12.7 Å². The van der Waals surface area contributed by atoms with E-state index in [0.29, 0.717) is 34.2 Å². The van der Waals surface area contributed by atoms with Crippen molar-refractivity contribution in [1.29, 1.82) is 0 Å². The molecule has 29 heavy (non-hydrogen) atoms. The monoisotopic (exact) mass is 417 g/mol. The van der Waals surface area contributed by atoms with Gasteiger partial charge in [-0.2, -0.15) is 13.2 Å². The van der Waals surface area contributed by atoms with E-state index in [9.17, 15) is 18.0 Å². The van der Waals surface area contributed by atoms with Crippen LogP contribution in [0.5, 0.6) is 0 Å². The molecule has 0 aliphatic heterocycles. The van der Waals surface area contributed by atoms with Crippen molar-refractivity contribution in [3.05, 3.63) is 71.4 Å². The standard InChI is InChI=1S/C19H14F3N5OS/c1-26(8-14-5-6-23-11-24-14)17(28)16-10-29-18-25-15(9-27(16)18)12-3-2-4-13(7-12)19(20,21)22/h2-7,9-11H,8H2,1H3. The maximum Gasteiger partial charge on any atom is 0.416 e. The number of thiazole rings is 1. The summed E-state index contributed by atoms with van der Waals surface area (Å²) in [6.45, 7) is 0.299. The van der Waals surface area contributed by atoms with Crippen molar-refractivity contribution in [1.82, 2.24) is 24.3 Å². The van der Waals surface area contributed by atoms with Crippen LogP contribution in [0.4, 0.5) is 13.2 Å². The van der Waals surface area contributed by atoms with Crippen molar-refractivity contribution in [2.24, 2.45) is 0 Å². The molecular formula is C19H14F3N5OS. The van der Waals surface area contributed by atoms with E-state index in [4.69, 9.17) is 0 Å². The number of rotatable bonds is 4. The highest BCUT2D eigenvalue weighted by Gasteiger charge is 2.30. The van der Waals surface area contributed by atoms with Gasteiger partial charge in [-0.3, -0.25) is 9.20 Å². The van der Waals surface area contributed by atoms with Gasteiger partial charge in [0.15, 0.2) is 4.96 Å². The molecule has 0 fully saturated rings. The fourth-order valence-electron chi connectivity index (χ4n) is 2.85. The first-order valence-electron chi connectivity index (χ1n) is 8.47. The predicted molar refractivity (Wildman–Crippen MR) is 101 cm³/mol. The first-order valence-corrected chi connectivity index (χ1v) is 9.35. The third-order valence-electron chi connectivity index (χ3n) is 4.30. The Labute approximate surface area is 167 Å². The van der Waals surface area contributed by atoms with Crippen LogP contribution in [0.2, 0.25) is 0 Å². The highest BCUT2D eigenvalue weighted by atomic mass is 32.1. The molecule has 0 saturated carbocycles. The third-order valence-corrected chi connectivity index (χ3v) is 5.14.